The van der Waals surface area contributed by atoms with Gasteiger partial charge in [-0.25, -0.2) is 14.8 Å². The van der Waals surface area contributed by atoms with Gasteiger partial charge in [0.2, 0.25) is 5.88 Å². The van der Waals surface area contributed by atoms with E-state index in [-0.39, 0.29) is 30.2 Å². The molecule has 4 aromatic rings. The number of amides is 1. The van der Waals surface area contributed by atoms with Gasteiger partial charge in [0.25, 0.3) is 5.91 Å². The average molecular weight is 586 g/mol. The number of H-pyrrole nitrogens is 1. The molecular formula is C32H35N5O6. The Morgan fingerprint density at radius 1 is 0.953 bits per heavy atom. The maximum absolute atomic E-state index is 12.8. The number of nitrogens with zero attached hydrogens (tertiary/aromatic N) is 4. The SMILES string of the molecule is COCC(C)Oc1cc(Oc2cnc(C(=O)N3CCN(C)CC3)cn2)cc(-c2ccc(C(=O)OCc3ccccc3)[nH]2)c1. The smallest absolute Gasteiger partial charge is 0.355 e. The van der Waals surface area contributed by atoms with Crippen LogP contribution in [0.1, 0.15) is 33.5 Å². The molecule has 43 heavy (non-hydrogen) atoms. The summed E-state index contributed by atoms with van der Waals surface area (Å²) in [6.07, 6.45) is 2.63. The van der Waals surface area contributed by atoms with Gasteiger partial charge >= 0.3 is 5.97 Å². The minimum Gasteiger partial charge on any atom is -0.488 e. The maximum atomic E-state index is 12.8. The fraction of sp³-hybridized carbons (Fsp3) is 0.312. The first-order valence-corrected chi connectivity index (χ1v) is 14.1. The van der Waals surface area contributed by atoms with Gasteiger partial charge in [-0.3, -0.25) is 4.79 Å². The summed E-state index contributed by atoms with van der Waals surface area (Å²) in [4.78, 5) is 41.3. The molecule has 1 saturated heterocycles. The summed E-state index contributed by atoms with van der Waals surface area (Å²) in [6, 6.07) is 18.3. The van der Waals surface area contributed by atoms with Crippen molar-refractivity contribution in [3.63, 3.8) is 0 Å². The Bertz CT molecular complexity index is 1520. The second-order valence-corrected chi connectivity index (χ2v) is 10.4. The zero-order valence-electron chi connectivity index (χ0n) is 24.5. The van der Waals surface area contributed by atoms with Crippen LogP contribution >= 0.6 is 0 Å². The summed E-state index contributed by atoms with van der Waals surface area (Å²) < 4.78 is 22.8. The van der Waals surface area contributed by atoms with E-state index < -0.39 is 5.97 Å². The molecule has 11 heteroatoms. The van der Waals surface area contributed by atoms with Crippen LogP contribution in [0.2, 0.25) is 0 Å². The molecule has 0 aliphatic carbocycles. The van der Waals surface area contributed by atoms with Crippen LogP contribution in [0.3, 0.4) is 0 Å². The number of piperazine rings is 1. The molecule has 0 bridgehead atoms. The standard InChI is InChI=1S/C32H35N5O6/c1-22(20-40-3)42-25-15-24(27-9-10-28(35-27)32(39)41-21-23-7-5-4-6-8-23)16-26(17-25)43-30-19-33-29(18-34-30)31(38)37-13-11-36(2)12-14-37/h4-10,15-19,22,35H,11-14,20-21H2,1-3H3. The highest BCUT2D eigenvalue weighted by atomic mass is 16.5. The van der Waals surface area contributed by atoms with Crippen molar-refractivity contribution in [2.45, 2.75) is 19.6 Å². The number of rotatable bonds is 11. The predicted molar refractivity (Wildman–Crippen MR) is 159 cm³/mol. The molecule has 1 N–H and O–H groups in total. The Morgan fingerprint density at radius 3 is 2.44 bits per heavy atom. The van der Waals surface area contributed by atoms with Gasteiger partial charge in [-0.1, -0.05) is 30.3 Å². The van der Waals surface area contributed by atoms with Crippen LogP contribution in [-0.2, 0) is 16.1 Å². The van der Waals surface area contributed by atoms with Gasteiger partial charge in [0.1, 0.15) is 35.6 Å². The van der Waals surface area contributed by atoms with Gasteiger partial charge in [-0.15, -0.1) is 0 Å². The Hall–Kier alpha value is -4.74. The number of aromatic nitrogens is 3. The van der Waals surface area contributed by atoms with Crippen molar-refractivity contribution >= 4 is 11.9 Å². The summed E-state index contributed by atoms with van der Waals surface area (Å²) in [7, 11) is 3.65. The van der Waals surface area contributed by atoms with Crippen LogP contribution < -0.4 is 9.47 Å². The molecule has 1 fully saturated rings. The number of methoxy groups -OCH3 is 1. The summed E-state index contributed by atoms with van der Waals surface area (Å²) in [5, 5.41) is 0. The first kappa shape index (κ1) is 29.7. The van der Waals surface area contributed by atoms with Crippen LogP contribution in [0.5, 0.6) is 17.4 Å². The van der Waals surface area contributed by atoms with Gasteiger partial charge in [-0.05, 0) is 43.8 Å². The van der Waals surface area contributed by atoms with Crippen molar-refractivity contribution in [3.8, 4) is 28.6 Å². The number of hydrogen-bond donors (Lipinski definition) is 1. The van der Waals surface area contributed by atoms with Crippen LogP contribution in [0, 0.1) is 0 Å². The van der Waals surface area contributed by atoms with Crippen molar-refractivity contribution in [3.05, 3.63) is 90.0 Å². The Kier molecular flexibility index (Phi) is 9.65. The van der Waals surface area contributed by atoms with E-state index in [2.05, 4.69) is 19.9 Å². The van der Waals surface area contributed by atoms with Gasteiger partial charge in [0, 0.05) is 50.6 Å². The van der Waals surface area contributed by atoms with E-state index in [4.69, 9.17) is 18.9 Å². The van der Waals surface area contributed by atoms with E-state index in [1.54, 1.807) is 36.3 Å². The number of esters is 1. The number of likely N-dealkylation sites (N-methyl/N-ethyl adjacent to an activating group) is 1. The molecule has 11 nitrogen and oxygen atoms in total. The third-order valence-electron chi connectivity index (χ3n) is 6.91. The third kappa shape index (κ3) is 7.97. The second-order valence-electron chi connectivity index (χ2n) is 10.4. The highest BCUT2D eigenvalue weighted by Gasteiger charge is 2.22. The highest BCUT2D eigenvalue weighted by molar-refractivity contribution is 5.92. The van der Waals surface area contributed by atoms with E-state index in [1.807, 2.05) is 50.4 Å². The van der Waals surface area contributed by atoms with Gasteiger partial charge in [0.15, 0.2) is 0 Å². The van der Waals surface area contributed by atoms with Crippen molar-refractivity contribution in [1.82, 2.24) is 24.8 Å². The number of aromatic amines is 1. The molecule has 224 valence electrons. The fourth-order valence-corrected chi connectivity index (χ4v) is 4.61. The van der Waals surface area contributed by atoms with Crippen molar-refractivity contribution in [2.75, 3.05) is 46.9 Å². The lowest BCUT2D eigenvalue weighted by atomic mass is 10.1. The largest absolute Gasteiger partial charge is 0.488 e. The zero-order chi connectivity index (χ0) is 30.2. The normalized spacial score (nSPS) is 14.3. The molecule has 5 rings (SSSR count). The molecule has 0 saturated carbocycles. The second kappa shape index (κ2) is 14.0. The molecule has 2 aromatic heterocycles. The molecular weight excluding hydrogens is 550 g/mol. The lowest BCUT2D eigenvalue weighted by Gasteiger charge is -2.32. The van der Waals surface area contributed by atoms with Crippen molar-refractivity contribution in [1.29, 1.82) is 0 Å². The summed E-state index contributed by atoms with van der Waals surface area (Å²) in [5.41, 5.74) is 2.87. The Balaban J connectivity index is 1.32. The summed E-state index contributed by atoms with van der Waals surface area (Å²) in [5.74, 6) is 0.581. The fourth-order valence-electron chi connectivity index (χ4n) is 4.61. The molecule has 1 amide bonds. The lowest BCUT2D eigenvalue weighted by Crippen LogP contribution is -2.47. The number of carbonyl (C=O) groups excluding carboxylic acids is 2. The van der Waals surface area contributed by atoms with E-state index in [0.29, 0.717) is 48.1 Å². The number of nitrogens with one attached hydrogen (secondary N) is 1. The average Bonchev–Trinajstić information content (AvgIpc) is 3.52. The van der Waals surface area contributed by atoms with E-state index in [9.17, 15) is 9.59 Å². The molecule has 1 atom stereocenters. The van der Waals surface area contributed by atoms with Crippen molar-refractivity contribution in [2.24, 2.45) is 0 Å². The first-order valence-electron chi connectivity index (χ1n) is 14.1. The van der Waals surface area contributed by atoms with E-state index in [1.165, 1.54) is 12.4 Å². The number of carbonyl (C=O) groups is 2. The zero-order valence-corrected chi connectivity index (χ0v) is 24.5. The Morgan fingerprint density at radius 2 is 1.72 bits per heavy atom. The summed E-state index contributed by atoms with van der Waals surface area (Å²) in [6.45, 7) is 5.41. The summed E-state index contributed by atoms with van der Waals surface area (Å²) >= 11 is 0. The topological polar surface area (TPSA) is 119 Å². The number of ether oxygens (including phenoxy) is 4. The van der Waals surface area contributed by atoms with Crippen molar-refractivity contribution < 1.29 is 28.5 Å². The molecule has 0 spiro atoms. The van der Waals surface area contributed by atoms with Crippen LogP contribution in [0.25, 0.3) is 11.3 Å². The minimum atomic E-state index is -0.464. The third-order valence-corrected chi connectivity index (χ3v) is 6.91. The molecule has 2 aromatic carbocycles. The Labute approximate surface area is 250 Å². The quantitative estimate of drug-likeness (QED) is 0.255. The van der Waals surface area contributed by atoms with Gasteiger partial charge in [-0.2, -0.15) is 0 Å². The maximum Gasteiger partial charge on any atom is 0.355 e. The monoisotopic (exact) mass is 585 g/mol. The minimum absolute atomic E-state index is 0.151. The van der Waals surface area contributed by atoms with Crippen LogP contribution in [0.15, 0.2) is 73.1 Å². The predicted octanol–water partition coefficient (Wildman–Crippen LogP) is 4.42. The number of hydrogen-bond acceptors (Lipinski definition) is 9. The van der Waals surface area contributed by atoms with Gasteiger partial charge < -0.3 is 33.7 Å². The number of benzene rings is 2. The first-order chi connectivity index (χ1) is 20.9. The van der Waals surface area contributed by atoms with E-state index >= 15 is 0 Å². The molecule has 0 radical (unpaired) electrons. The molecule has 1 aliphatic heterocycles. The van der Waals surface area contributed by atoms with E-state index in [0.717, 1.165) is 18.7 Å². The molecule has 1 aliphatic rings. The lowest BCUT2D eigenvalue weighted by molar-refractivity contribution is 0.0466. The molecule has 3 heterocycles. The van der Waals surface area contributed by atoms with Crippen LogP contribution in [-0.4, -0.2) is 89.7 Å². The van der Waals surface area contributed by atoms with Gasteiger partial charge in [0.05, 0.1) is 19.0 Å². The molecule has 1 unspecified atom stereocenters. The van der Waals surface area contributed by atoms with Crippen LogP contribution in [0.4, 0.5) is 0 Å². The highest BCUT2D eigenvalue weighted by Crippen LogP contribution is 2.32.